The minimum atomic E-state index is -0.792. The van der Waals surface area contributed by atoms with E-state index >= 15 is 0 Å². The molecule has 0 bridgehead atoms. The van der Waals surface area contributed by atoms with Gasteiger partial charge in [0.25, 0.3) is 5.91 Å². The number of carbonyl (C=O) groups is 2. The molecule has 2 heterocycles. The predicted octanol–water partition coefficient (Wildman–Crippen LogP) is 2.06. The van der Waals surface area contributed by atoms with Gasteiger partial charge in [0.2, 0.25) is 0 Å². The quantitative estimate of drug-likeness (QED) is 0.858. The largest absolute Gasteiger partial charge is 0.481 e. The van der Waals surface area contributed by atoms with Crippen molar-refractivity contribution >= 4 is 23.5 Å². The van der Waals surface area contributed by atoms with Crippen molar-refractivity contribution in [2.45, 2.75) is 19.3 Å². The van der Waals surface area contributed by atoms with Gasteiger partial charge in [-0.1, -0.05) is 11.6 Å². The Bertz CT molecular complexity index is 493. The highest BCUT2D eigenvalue weighted by Gasteiger charge is 2.28. The highest BCUT2D eigenvalue weighted by Crippen LogP contribution is 2.24. The zero-order valence-corrected chi connectivity index (χ0v) is 11.1. The van der Waals surface area contributed by atoms with Crippen LogP contribution in [0.5, 0.6) is 0 Å². The molecule has 102 valence electrons. The minimum Gasteiger partial charge on any atom is -0.481 e. The van der Waals surface area contributed by atoms with Gasteiger partial charge in [0.15, 0.2) is 0 Å². The van der Waals surface area contributed by atoms with Gasteiger partial charge in [0, 0.05) is 25.7 Å². The molecule has 1 aromatic heterocycles. The van der Waals surface area contributed by atoms with Gasteiger partial charge >= 0.3 is 5.97 Å². The summed E-state index contributed by atoms with van der Waals surface area (Å²) in [6.07, 6.45) is 3.15. The summed E-state index contributed by atoms with van der Waals surface area (Å²) < 4.78 is 0. The van der Waals surface area contributed by atoms with E-state index in [9.17, 15) is 9.59 Å². The molecule has 2 rings (SSSR count). The van der Waals surface area contributed by atoms with Crippen molar-refractivity contribution in [2.24, 2.45) is 5.92 Å². The lowest BCUT2D eigenvalue weighted by molar-refractivity contribution is -0.137. The lowest BCUT2D eigenvalue weighted by atomic mass is 10.0. The second-order valence-electron chi connectivity index (χ2n) is 4.68. The lowest BCUT2D eigenvalue weighted by Crippen LogP contribution is -2.29. The Morgan fingerprint density at radius 2 is 2.32 bits per heavy atom. The average molecular weight is 283 g/mol. The van der Waals surface area contributed by atoms with Gasteiger partial charge in [-0.05, 0) is 30.9 Å². The number of likely N-dealkylation sites (tertiary alicyclic amines) is 1. The van der Waals surface area contributed by atoms with Gasteiger partial charge in [-0.25, -0.2) is 4.98 Å². The number of halogens is 1. The number of nitrogens with zero attached hydrogens (tertiary/aromatic N) is 2. The molecule has 0 radical (unpaired) electrons. The fourth-order valence-electron chi connectivity index (χ4n) is 2.30. The van der Waals surface area contributed by atoms with E-state index in [0.29, 0.717) is 25.1 Å². The number of amides is 1. The van der Waals surface area contributed by atoms with Crippen molar-refractivity contribution < 1.29 is 14.7 Å². The number of aliphatic carboxylic acids is 1. The van der Waals surface area contributed by atoms with Gasteiger partial charge < -0.3 is 10.0 Å². The van der Waals surface area contributed by atoms with E-state index in [-0.39, 0.29) is 23.4 Å². The van der Waals surface area contributed by atoms with Crippen LogP contribution in [0, 0.1) is 5.92 Å². The second-order valence-corrected chi connectivity index (χ2v) is 5.04. The van der Waals surface area contributed by atoms with Gasteiger partial charge in [0.1, 0.15) is 5.15 Å². The van der Waals surface area contributed by atoms with Crippen LogP contribution >= 0.6 is 11.6 Å². The van der Waals surface area contributed by atoms with Gasteiger partial charge in [-0.2, -0.15) is 0 Å². The Morgan fingerprint density at radius 3 is 3.00 bits per heavy atom. The van der Waals surface area contributed by atoms with Gasteiger partial charge in [-0.3, -0.25) is 9.59 Å². The molecule has 0 spiro atoms. The first kappa shape index (κ1) is 13.8. The molecule has 1 aromatic rings. The number of aromatic nitrogens is 1. The number of pyridine rings is 1. The smallest absolute Gasteiger partial charge is 0.303 e. The minimum absolute atomic E-state index is 0.129. The van der Waals surface area contributed by atoms with Crippen molar-refractivity contribution in [3.05, 3.63) is 29.0 Å². The predicted molar refractivity (Wildman–Crippen MR) is 70.1 cm³/mol. The first-order valence-electron chi connectivity index (χ1n) is 6.19. The summed E-state index contributed by atoms with van der Waals surface area (Å²) in [5.41, 5.74) is 0.406. The summed E-state index contributed by atoms with van der Waals surface area (Å²) in [4.78, 5) is 28.4. The lowest BCUT2D eigenvalue weighted by Gasteiger charge is -2.16. The maximum absolute atomic E-state index is 12.2. The fourth-order valence-corrected chi connectivity index (χ4v) is 2.50. The molecular formula is C13H15ClN2O3. The molecule has 1 amide bonds. The Labute approximate surface area is 116 Å². The molecule has 1 saturated heterocycles. The first-order valence-corrected chi connectivity index (χ1v) is 6.57. The van der Waals surface area contributed by atoms with Crippen LogP contribution in [-0.2, 0) is 4.79 Å². The summed E-state index contributed by atoms with van der Waals surface area (Å²) in [7, 11) is 0. The van der Waals surface area contributed by atoms with Crippen molar-refractivity contribution in [1.82, 2.24) is 9.88 Å². The van der Waals surface area contributed by atoms with E-state index in [2.05, 4.69) is 4.98 Å². The zero-order chi connectivity index (χ0) is 13.8. The molecule has 1 atom stereocenters. The van der Waals surface area contributed by atoms with Crippen LogP contribution in [0.2, 0.25) is 5.15 Å². The molecule has 1 aliphatic heterocycles. The molecule has 1 aliphatic rings. The van der Waals surface area contributed by atoms with E-state index in [4.69, 9.17) is 16.7 Å². The van der Waals surface area contributed by atoms with E-state index in [1.807, 2.05) is 0 Å². The van der Waals surface area contributed by atoms with E-state index in [1.54, 1.807) is 23.2 Å². The standard InChI is InChI=1S/C13H15ClN2O3/c14-12-10(2-1-6-15-12)13(19)16-7-5-9(8-16)3-4-11(17)18/h1-2,6,9H,3-5,7-8H2,(H,17,18). The van der Waals surface area contributed by atoms with Crippen molar-refractivity contribution in [2.75, 3.05) is 13.1 Å². The average Bonchev–Trinajstić information content (AvgIpc) is 2.85. The number of hydrogen-bond acceptors (Lipinski definition) is 3. The van der Waals surface area contributed by atoms with E-state index in [1.165, 1.54) is 0 Å². The van der Waals surface area contributed by atoms with Crippen LogP contribution in [0.25, 0.3) is 0 Å². The molecule has 6 heteroatoms. The first-order chi connectivity index (χ1) is 9.08. The van der Waals surface area contributed by atoms with Crippen molar-refractivity contribution in [3.63, 3.8) is 0 Å². The van der Waals surface area contributed by atoms with Crippen molar-refractivity contribution in [3.8, 4) is 0 Å². The molecule has 5 nitrogen and oxygen atoms in total. The highest BCUT2D eigenvalue weighted by atomic mass is 35.5. The summed E-state index contributed by atoms with van der Waals surface area (Å²) in [6, 6.07) is 3.33. The van der Waals surface area contributed by atoms with E-state index < -0.39 is 5.97 Å². The molecule has 1 fully saturated rings. The van der Waals surface area contributed by atoms with Gasteiger partial charge in [0.05, 0.1) is 5.56 Å². The maximum Gasteiger partial charge on any atom is 0.303 e. The molecule has 0 saturated carbocycles. The highest BCUT2D eigenvalue weighted by molar-refractivity contribution is 6.32. The zero-order valence-electron chi connectivity index (χ0n) is 10.4. The van der Waals surface area contributed by atoms with Crippen LogP contribution in [0.15, 0.2) is 18.3 Å². The molecule has 19 heavy (non-hydrogen) atoms. The number of hydrogen-bond donors (Lipinski definition) is 1. The SMILES string of the molecule is O=C(O)CCC1CCN(C(=O)c2cccnc2Cl)C1. The number of rotatable bonds is 4. The Morgan fingerprint density at radius 1 is 1.53 bits per heavy atom. The number of carbonyl (C=O) groups excluding carboxylic acids is 1. The summed E-state index contributed by atoms with van der Waals surface area (Å²) >= 11 is 5.90. The molecular weight excluding hydrogens is 268 g/mol. The molecule has 1 unspecified atom stereocenters. The van der Waals surface area contributed by atoms with Gasteiger partial charge in [-0.15, -0.1) is 0 Å². The van der Waals surface area contributed by atoms with Crippen LogP contribution in [-0.4, -0.2) is 40.0 Å². The van der Waals surface area contributed by atoms with Crippen LogP contribution < -0.4 is 0 Å². The molecule has 0 aliphatic carbocycles. The number of carboxylic acid groups (broad SMARTS) is 1. The molecule has 1 N–H and O–H groups in total. The third-order valence-electron chi connectivity index (χ3n) is 3.33. The maximum atomic E-state index is 12.2. The van der Waals surface area contributed by atoms with Crippen molar-refractivity contribution in [1.29, 1.82) is 0 Å². The topological polar surface area (TPSA) is 70.5 Å². The Kier molecular flexibility index (Phi) is 4.37. The third-order valence-corrected chi connectivity index (χ3v) is 3.63. The Balaban J connectivity index is 1.95. The summed E-state index contributed by atoms with van der Waals surface area (Å²) in [5.74, 6) is -0.661. The molecule has 0 aromatic carbocycles. The van der Waals surface area contributed by atoms with Crippen LogP contribution in [0.1, 0.15) is 29.6 Å². The summed E-state index contributed by atoms with van der Waals surface area (Å²) in [5, 5.41) is 8.87. The Hall–Kier alpha value is -1.62. The summed E-state index contributed by atoms with van der Waals surface area (Å²) in [6.45, 7) is 1.24. The third kappa shape index (κ3) is 3.44. The monoisotopic (exact) mass is 282 g/mol. The fraction of sp³-hybridized carbons (Fsp3) is 0.462. The second kappa shape index (κ2) is 6.02. The van der Waals surface area contributed by atoms with E-state index in [0.717, 1.165) is 6.42 Å². The van der Waals surface area contributed by atoms with Crippen LogP contribution in [0.4, 0.5) is 0 Å². The number of carboxylic acids is 1. The normalized spacial score (nSPS) is 18.6. The van der Waals surface area contributed by atoms with Crippen LogP contribution in [0.3, 0.4) is 0 Å².